The van der Waals surface area contributed by atoms with Gasteiger partial charge in [0.15, 0.2) is 11.3 Å². The predicted octanol–water partition coefficient (Wildman–Crippen LogP) is 0.843. The second-order valence-electron chi connectivity index (χ2n) is 4.42. The molecule has 3 heterocycles. The maximum Gasteiger partial charge on any atom is 0.409 e. The van der Waals surface area contributed by atoms with Gasteiger partial charge in [-0.2, -0.15) is 0 Å². The molecule has 1 atom stereocenters. The number of likely N-dealkylation sites (tertiary alicyclic amines) is 1. The van der Waals surface area contributed by atoms with Crippen LogP contribution in [0.3, 0.4) is 0 Å². The molecule has 1 fully saturated rings. The van der Waals surface area contributed by atoms with Crippen molar-refractivity contribution >= 4 is 17.3 Å². The molecular weight excluding hydrogens is 234 g/mol. The molecule has 4 N–H and O–H groups in total. The number of nitrogens with zero attached hydrogens (tertiary/aromatic N) is 3. The zero-order valence-electron chi connectivity index (χ0n) is 9.63. The molecule has 0 bridgehead atoms. The zero-order chi connectivity index (χ0) is 12.8. The van der Waals surface area contributed by atoms with Crippen LogP contribution in [0.15, 0.2) is 18.3 Å². The molecule has 7 nitrogen and oxygen atoms in total. The minimum Gasteiger partial charge on any atom is -0.465 e. The van der Waals surface area contributed by atoms with Crippen LogP contribution in [-0.2, 0) is 5.66 Å². The standard InChI is InChI=1S/C11H13N5O2/c12-11(4-2-6-16(11)10(17)18)9-14-7-3-1-5-13-8(7)15-9/h1,3,5H,2,4,6,12H2,(H,17,18)(H,13,14,15). The van der Waals surface area contributed by atoms with Crippen LogP contribution in [0.2, 0.25) is 0 Å². The van der Waals surface area contributed by atoms with E-state index in [1.807, 2.05) is 6.07 Å². The van der Waals surface area contributed by atoms with Gasteiger partial charge in [-0.3, -0.25) is 4.90 Å². The number of aromatic nitrogens is 3. The van der Waals surface area contributed by atoms with Gasteiger partial charge in [0, 0.05) is 12.7 Å². The largest absolute Gasteiger partial charge is 0.465 e. The predicted molar refractivity (Wildman–Crippen MR) is 63.7 cm³/mol. The molecule has 7 heteroatoms. The molecular formula is C11H13N5O2. The maximum absolute atomic E-state index is 11.2. The second-order valence-corrected chi connectivity index (χ2v) is 4.42. The van der Waals surface area contributed by atoms with Crippen molar-refractivity contribution in [1.82, 2.24) is 19.9 Å². The Morgan fingerprint density at radius 2 is 2.44 bits per heavy atom. The lowest BCUT2D eigenvalue weighted by molar-refractivity contribution is 0.0998. The van der Waals surface area contributed by atoms with Crippen LogP contribution in [0.4, 0.5) is 4.79 Å². The number of imidazole rings is 1. The first-order chi connectivity index (χ1) is 8.61. The third kappa shape index (κ3) is 1.44. The van der Waals surface area contributed by atoms with Crippen LogP contribution in [0.5, 0.6) is 0 Å². The van der Waals surface area contributed by atoms with Crippen molar-refractivity contribution in [2.24, 2.45) is 5.73 Å². The van der Waals surface area contributed by atoms with Gasteiger partial charge < -0.3 is 15.8 Å². The highest BCUT2D eigenvalue weighted by atomic mass is 16.4. The molecule has 0 aromatic carbocycles. The number of nitrogens with one attached hydrogen (secondary N) is 1. The number of H-pyrrole nitrogens is 1. The molecule has 1 saturated heterocycles. The highest BCUT2D eigenvalue weighted by Crippen LogP contribution is 2.33. The summed E-state index contributed by atoms with van der Waals surface area (Å²) in [6.45, 7) is 0.427. The molecule has 1 amide bonds. The summed E-state index contributed by atoms with van der Waals surface area (Å²) >= 11 is 0. The summed E-state index contributed by atoms with van der Waals surface area (Å²) in [5.74, 6) is 0.455. The molecule has 0 radical (unpaired) electrons. The van der Waals surface area contributed by atoms with Crippen molar-refractivity contribution in [3.63, 3.8) is 0 Å². The lowest BCUT2D eigenvalue weighted by atomic mass is 10.1. The van der Waals surface area contributed by atoms with Crippen molar-refractivity contribution < 1.29 is 9.90 Å². The number of fused-ring (bicyclic) bond motifs is 1. The van der Waals surface area contributed by atoms with E-state index >= 15 is 0 Å². The minimum atomic E-state index is -1.08. The highest BCUT2D eigenvalue weighted by molar-refractivity contribution is 5.71. The minimum absolute atomic E-state index is 0.427. The third-order valence-corrected chi connectivity index (χ3v) is 3.32. The van der Waals surface area contributed by atoms with Crippen molar-refractivity contribution in [2.75, 3.05) is 6.54 Å². The molecule has 94 valence electrons. The van der Waals surface area contributed by atoms with Gasteiger partial charge in [-0.25, -0.2) is 14.8 Å². The maximum atomic E-state index is 11.2. The van der Waals surface area contributed by atoms with Gasteiger partial charge in [0.25, 0.3) is 0 Å². The number of hydrogen-bond acceptors (Lipinski definition) is 4. The van der Waals surface area contributed by atoms with E-state index < -0.39 is 11.8 Å². The summed E-state index contributed by atoms with van der Waals surface area (Å²) in [5, 5.41) is 9.17. The number of carbonyl (C=O) groups is 1. The molecule has 2 aromatic heterocycles. The third-order valence-electron chi connectivity index (χ3n) is 3.32. The fourth-order valence-electron chi connectivity index (χ4n) is 2.40. The quantitative estimate of drug-likeness (QED) is 0.692. The Hall–Kier alpha value is -2.15. The number of nitrogens with two attached hydrogens (primary N) is 1. The number of rotatable bonds is 1. The van der Waals surface area contributed by atoms with Crippen molar-refractivity contribution in [3.8, 4) is 0 Å². The molecule has 1 unspecified atom stereocenters. The first kappa shape index (κ1) is 11.0. The highest BCUT2D eigenvalue weighted by Gasteiger charge is 2.44. The average Bonchev–Trinajstić information content (AvgIpc) is 2.92. The molecule has 1 aliphatic rings. The van der Waals surface area contributed by atoms with Crippen molar-refractivity contribution in [3.05, 3.63) is 24.2 Å². The van der Waals surface area contributed by atoms with Crippen LogP contribution < -0.4 is 5.73 Å². The topological polar surface area (TPSA) is 108 Å². The Bertz CT molecular complexity index is 577. The van der Waals surface area contributed by atoms with Crippen LogP contribution in [-0.4, -0.2) is 37.6 Å². The Labute approximate surface area is 103 Å². The van der Waals surface area contributed by atoms with Crippen LogP contribution in [0, 0.1) is 0 Å². The number of carboxylic acid groups (broad SMARTS) is 1. The lowest BCUT2D eigenvalue weighted by Crippen LogP contribution is -2.51. The van der Waals surface area contributed by atoms with Gasteiger partial charge in [0.2, 0.25) is 0 Å². The summed E-state index contributed by atoms with van der Waals surface area (Å²) < 4.78 is 0. The van der Waals surface area contributed by atoms with E-state index in [1.54, 1.807) is 12.3 Å². The number of hydrogen-bond donors (Lipinski definition) is 3. The SMILES string of the molecule is NC1(c2nc3ncccc3[nH]2)CCCN1C(=O)O. The zero-order valence-corrected chi connectivity index (χ0v) is 9.63. The number of amides is 1. The van der Waals surface area contributed by atoms with Crippen molar-refractivity contribution in [2.45, 2.75) is 18.5 Å². The van der Waals surface area contributed by atoms with Crippen LogP contribution in [0.25, 0.3) is 11.2 Å². The van der Waals surface area contributed by atoms with Gasteiger partial charge in [0.1, 0.15) is 5.82 Å². The van der Waals surface area contributed by atoms with E-state index in [-0.39, 0.29) is 0 Å². The van der Waals surface area contributed by atoms with E-state index in [9.17, 15) is 9.90 Å². The Balaban J connectivity index is 2.09. The first-order valence-corrected chi connectivity index (χ1v) is 5.72. The molecule has 0 spiro atoms. The lowest BCUT2D eigenvalue weighted by Gasteiger charge is -2.30. The molecule has 0 saturated carbocycles. The fraction of sp³-hybridized carbons (Fsp3) is 0.364. The Kier molecular flexibility index (Phi) is 2.24. The molecule has 3 rings (SSSR count). The van der Waals surface area contributed by atoms with Gasteiger partial charge in [-0.05, 0) is 25.0 Å². The van der Waals surface area contributed by atoms with E-state index in [0.29, 0.717) is 24.4 Å². The summed E-state index contributed by atoms with van der Waals surface area (Å²) in [5.41, 5.74) is 6.45. The monoisotopic (exact) mass is 247 g/mol. The smallest absolute Gasteiger partial charge is 0.409 e. The van der Waals surface area contributed by atoms with Gasteiger partial charge in [-0.15, -0.1) is 0 Å². The Morgan fingerprint density at radius 3 is 3.17 bits per heavy atom. The van der Waals surface area contributed by atoms with Gasteiger partial charge in [-0.1, -0.05) is 0 Å². The van der Waals surface area contributed by atoms with E-state index in [2.05, 4.69) is 15.0 Å². The second kappa shape index (κ2) is 3.67. The summed E-state index contributed by atoms with van der Waals surface area (Å²) in [7, 11) is 0. The molecule has 2 aromatic rings. The van der Waals surface area contributed by atoms with E-state index in [4.69, 9.17) is 5.73 Å². The normalized spacial score (nSPS) is 23.7. The average molecular weight is 247 g/mol. The first-order valence-electron chi connectivity index (χ1n) is 5.72. The molecule has 18 heavy (non-hydrogen) atoms. The summed E-state index contributed by atoms with van der Waals surface area (Å²) in [4.78, 5) is 23.9. The van der Waals surface area contributed by atoms with Crippen LogP contribution >= 0.6 is 0 Å². The molecule has 0 aliphatic carbocycles. The molecule has 1 aliphatic heterocycles. The van der Waals surface area contributed by atoms with Crippen LogP contribution in [0.1, 0.15) is 18.7 Å². The van der Waals surface area contributed by atoms with E-state index in [0.717, 1.165) is 11.9 Å². The van der Waals surface area contributed by atoms with E-state index in [1.165, 1.54) is 4.90 Å². The van der Waals surface area contributed by atoms with Gasteiger partial charge >= 0.3 is 6.09 Å². The Morgan fingerprint density at radius 1 is 1.61 bits per heavy atom. The number of pyridine rings is 1. The van der Waals surface area contributed by atoms with Crippen molar-refractivity contribution in [1.29, 1.82) is 0 Å². The summed E-state index contributed by atoms with van der Waals surface area (Å²) in [6.07, 6.45) is 1.90. The number of aromatic amines is 1. The fourth-order valence-corrected chi connectivity index (χ4v) is 2.40. The van der Waals surface area contributed by atoms with Gasteiger partial charge in [0.05, 0.1) is 5.52 Å². The summed E-state index contributed by atoms with van der Waals surface area (Å²) in [6, 6.07) is 3.62.